The average molecular weight is 348 g/mol. The van der Waals surface area contributed by atoms with Crippen LogP contribution in [0.5, 0.6) is 0 Å². The fraction of sp³-hybridized carbons (Fsp3) is 0.438. The summed E-state index contributed by atoms with van der Waals surface area (Å²) in [6.07, 6.45) is 1.82. The summed E-state index contributed by atoms with van der Waals surface area (Å²) < 4.78 is 5.59. The Morgan fingerprint density at radius 2 is 2.42 bits per heavy atom. The molecule has 8 heteroatoms. The number of hydrogen-bond acceptors (Lipinski definition) is 6. The highest BCUT2D eigenvalue weighted by molar-refractivity contribution is 7.09. The number of aryl methyl sites for hydroxylation is 1. The van der Waals surface area contributed by atoms with Crippen LogP contribution in [-0.4, -0.2) is 40.8 Å². The van der Waals surface area contributed by atoms with E-state index in [1.54, 1.807) is 6.20 Å². The van der Waals surface area contributed by atoms with Gasteiger partial charge in [-0.1, -0.05) is 0 Å². The van der Waals surface area contributed by atoms with Gasteiger partial charge in [0.05, 0.1) is 25.6 Å². The summed E-state index contributed by atoms with van der Waals surface area (Å²) in [6, 6.07) is 3.32. The molecule has 1 aliphatic heterocycles. The van der Waals surface area contributed by atoms with Crippen molar-refractivity contribution >= 4 is 23.2 Å². The topological polar surface area (TPSA) is 87.5 Å². The minimum absolute atomic E-state index is 0.117. The molecule has 0 radical (unpaired) electrons. The van der Waals surface area contributed by atoms with Crippen LogP contribution in [0.2, 0.25) is 0 Å². The second-order valence-electron chi connectivity index (χ2n) is 5.70. The highest BCUT2D eigenvalue weighted by Gasteiger charge is 2.32. The molecule has 1 saturated heterocycles. The lowest BCUT2D eigenvalue weighted by molar-refractivity contribution is -0.134. The van der Waals surface area contributed by atoms with Crippen molar-refractivity contribution in [2.75, 3.05) is 13.1 Å². The Morgan fingerprint density at radius 1 is 1.54 bits per heavy atom. The number of carbonyl (C=O) groups is 2. The summed E-state index contributed by atoms with van der Waals surface area (Å²) in [4.78, 5) is 30.5. The lowest BCUT2D eigenvalue weighted by atomic mass is 10.1. The van der Waals surface area contributed by atoms with Crippen LogP contribution in [0.3, 0.4) is 0 Å². The number of amides is 2. The Balaban J connectivity index is 1.59. The Hall–Kier alpha value is -2.19. The number of thiazole rings is 1. The van der Waals surface area contributed by atoms with Crippen molar-refractivity contribution in [3.8, 4) is 0 Å². The third-order valence-corrected chi connectivity index (χ3v) is 4.68. The van der Waals surface area contributed by atoms with E-state index >= 15 is 0 Å². The SMILES string of the molecule is Cc1ccc(CN2CCNC(=O)C2CC(=O)NCc2nccs2)o1. The van der Waals surface area contributed by atoms with Gasteiger partial charge < -0.3 is 15.1 Å². The van der Waals surface area contributed by atoms with E-state index in [2.05, 4.69) is 15.6 Å². The van der Waals surface area contributed by atoms with E-state index < -0.39 is 6.04 Å². The molecule has 3 heterocycles. The number of rotatable bonds is 6. The van der Waals surface area contributed by atoms with Crippen molar-refractivity contribution in [2.24, 2.45) is 0 Å². The standard InChI is InChI=1S/C16H20N4O3S/c1-11-2-3-12(23-11)10-20-6-4-18-16(22)13(20)8-14(21)19-9-15-17-5-7-24-15/h2-3,5,7,13H,4,6,8-10H2,1H3,(H,18,22)(H,19,21). The smallest absolute Gasteiger partial charge is 0.237 e. The molecule has 128 valence electrons. The van der Waals surface area contributed by atoms with Crippen molar-refractivity contribution in [2.45, 2.75) is 32.5 Å². The summed E-state index contributed by atoms with van der Waals surface area (Å²) >= 11 is 1.49. The van der Waals surface area contributed by atoms with Crippen LogP contribution in [0.15, 0.2) is 28.1 Å². The summed E-state index contributed by atoms with van der Waals surface area (Å²) in [7, 11) is 0. The van der Waals surface area contributed by atoms with Crippen LogP contribution < -0.4 is 10.6 Å². The molecule has 7 nitrogen and oxygen atoms in total. The molecule has 1 aliphatic rings. The number of nitrogens with one attached hydrogen (secondary N) is 2. The highest BCUT2D eigenvalue weighted by atomic mass is 32.1. The molecule has 1 unspecified atom stereocenters. The molecule has 0 spiro atoms. The average Bonchev–Trinajstić information content (AvgIpc) is 3.20. The predicted molar refractivity (Wildman–Crippen MR) is 89.2 cm³/mol. The van der Waals surface area contributed by atoms with E-state index in [0.29, 0.717) is 26.2 Å². The van der Waals surface area contributed by atoms with Crippen molar-refractivity contribution in [1.82, 2.24) is 20.5 Å². The number of hydrogen-bond donors (Lipinski definition) is 2. The molecule has 1 fully saturated rings. The first-order chi connectivity index (χ1) is 11.6. The first-order valence-electron chi connectivity index (χ1n) is 7.84. The van der Waals surface area contributed by atoms with E-state index in [4.69, 9.17) is 4.42 Å². The van der Waals surface area contributed by atoms with E-state index in [-0.39, 0.29) is 18.2 Å². The lowest BCUT2D eigenvalue weighted by Crippen LogP contribution is -2.56. The van der Waals surface area contributed by atoms with Crippen LogP contribution in [0, 0.1) is 6.92 Å². The summed E-state index contributed by atoms with van der Waals surface area (Å²) in [5.41, 5.74) is 0. The van der Waals surface area contributed by atoms with Crippen LogP contribution in [-0.2, 0) is 22.7 Å². The molecular formula is C16H20N4O3S. The van der Waals surface area contributed by atoms with Gasteiger partial charge in [0.25, 0.3) is 0 Å². The molecule has 24 heavy (non-hydrogen) atoms. The zero-order valence-corrected chi connectivity index (χ0v) is 14.3. The quantitative estimate of drug-likeness (QED) is 0.815. The second kappa shape index (κ2) is 7.59. The van der Waals surface area contributed by atoms with Gasteiger partial charge in [0, 0.05) is 24.7 Å². The Labute approximate surface area is 144 Å². The zero-order valence-electron chi connectivity index (χ0n) is 13.4. The third-order valence-electron chi connectivity index (χ3n) is 3.90. The van der Waals surface area contributed by atoms with E-state index in [1.165, 1.54) is 11.3 Å². The number of aromatic nitrogens is 1. The van der Waals surface area contributed by atoms with Gasteiger partial charge in [-0.05, 0) is 19.1 Å². The Morgan fingerprint density at radius 3 is 3.12 bits per heavy atom. The predicted octanol–water partition coefficient (Wildman–Crippen LogP) is 1.05. The molecule has 3 rings (SSSR count). The van der Waals surface area contributed by atoms with Crippen LogP contribution >= 0.6 is 11.3 Å². The number of furan rings is 1. The molecular weight excluding hydrogens is 328 g/mol. The molecule has 2 N–H and O–H groups in total. The molecule has 1 atom stereocenters. The molecule has 2 aromatic rings. The number of nitrogens with zero attached hydrogens (tertiary/aromatic N) is 2. The molecule has 0 bridgehead atoms. The molecule has 0 saturated carbocycles. The molecule has 2 amide bonds. The minimum atomic E-state index is -0.486. The monoisotopic (exact) mass is 348 g/mol. The summed E-state index contributed by atoms with van der Waals surface area (Å²) in [6.45, 7) is 4.07. The maximum Gasteiger partial charge on any atom is 0.237 e. The van der Waals surface area contributed by atoms with Gasteiger partial charge in [-0.2, -0.15) is 0 Å². The fourth-order valence-electron chi connectivity index (χ4n) is 2.71. The highest BCUT2D eigenvalue weighted by Crippen LogP contribution is 2.16. The summed E-state index contributed by atoms with van der Waals surface area (Å²) in [5, 5.41) is 8.36. The van der Waals surface area contributed by atoms with Gasteiger partial charge >= 0.3 is 0 Å². The molecule has 2 aromatic heterocycles. The Kier molecular flexibility index (Phi) is 5.27. The number of piperazine rings is 1. The van der Waals surface area contributed by atoms with Gasteiger partial charge in [0.1, 0.15) is 16.5 Å². The van der Waals surface area contributed by atoms with Crippen molar-refractivity contribution in [3.05, 3.63) is 40.2 Å². The van der Waals surface area contributed by atoms with Crippen LogP contribution in [0.4, 0.5) is 0 Å². The van der Waals surface area contributed by atoms with E-state index in [0.717, 1.165) is 16.5 Å². The van der Waals surface area contributed by atoms with Crippen LogP contribution in [0.1, 0.15) is 22.9 Å². The normalized spacial score (nSPS) is 18.4. The van der Waals surface area contributed by atoms with Gasteiger partial charge in [-0.3, -0.25) is 14.5 Å². The molecule has 0 aliphatic carbocycles. The zero-order chi connectivity index (χ0) is 16.9. The van der Waals surface area contributed by atoms with Gasteiger partial charge in [-0.15, -0.1) is 11.3 Å². The minimum Gasteiger partial charge on any atom is -0.465 e. The third kappa shape index (κ3) is 4.21. The van der Waals surface area contributed by atoms with E-state index in [9.17, 15) is 9.59 Å². The maximum absolute atomic E-state index is 12.2. The number of carbonyl (C=O) groups excluding carboxylic acids is 2. The largest absolute Gasteiger partial charge is 0.465 e. The van der Waals surface area contributed by atoms with Crippen LogP contribution in [0.25, 0.3) is 0 Å². The first-order valence-corrected chi connectivity index (χ1v) is 8.72. The van der Waals surface area contributed by atoms with Gasteiger partial charge in [0.2, 0.25) is 11.8 Å². The van der Waals surface area contributed by atoms with E-state index in [1.807, 2.05) is 29.3 Å². The van der Waals surface area contributed by atoms with Gasteiger partial charge in [-0.25, -0.2) is 4.98 Å². The van der Waals surface area contributed by atoms with Crippen molar-refractivity contribution in [1.29, 1.82) is 0 Å². The maximum atomic E-state index is 12.2. The van der Waals surface area contributed by atoms with Crippen molar-refractivity contribution in [3.63, 3.8) is 0 Å². The van der Waals surface area contributed by atoms with Gasteiger partial charge in [0.15, 0.2) is 0 Å². The second-order valence-corrected chi connectivity index (χ2v) is 6.68. The fourth-order valence-corrected chi connectivity index (χ4v) is 3.26. The molecule has 0 aromatic carbocycles. The first kappa shape index (κ1) is 16.7. The summed E-state index contributed by atoms with van der Waals surface area (Å²) in [5.74, 6) is 1.36. The lowest BCUT2D eigenvalue weighted by Gasteiger charge is -2.34. The Bertz CT molecular complexity index is 698. The van der Waals surface area contributed by atoms with Crippen molar-refractivity contribution < 1.29 is 14.0 Å².